The maximum atomic E-state index is 14.6. The molecule has 0 aliphatic heterocycles. The lowest BCUT2D eigenvalue weighted by Gasteiger charge is -2.31. The predicted molar refractivity (Wildman–Crippen MR) is 215 cm³/mol. The second-order valence-electron chi connectivity index (χ2n) is 12.6. The van der Waals surface area contributed by atoms with Gasteiger partial charge in [0.15, 0.2) is 0 Å². The Balaban J connectivity index is 1.44. The van der Waals surface area contributed by atoms with Gasteiger partial charge in [0.25, 0.3) is 11.8 Å². The minimum absolute atomic E-state index is 0.304. The van der Waals surface area contributed by atoms with Gasteiger partial charge in [0.1, 0.15) is 0 Å². The first-order valence-electron chi connectivity index (χ1n) is 16.4. The number of aromatic nitrogens is 2. The molecule has 0 bridgehead atoms. The Labute approximate surface area is 313 Å². The van der Waals surface area contributed by atoms with Crippen LogP contribution in [0.1, 0.15) is 43.0 Å². The van der Waals surface area contributed by atoms with Crippen LogP contribution in [0.15, 0.2) is 124 Å². The van der Waals surface area contributed by atoms with Crippen LogP contribution in [0.3, 0.4) is 0 Å². The van der Waals surface area contributed by atoms with Gasteiger partial charge in [-0.05, 0) is 111 Å². The van der Waals surface area contributed by atoms with Crippen molar-refractivity contribution in [2.24, 2.45) is 0 Å². The summed E-state index contributed by atoms with van der Waals surface area (Å²) in [7, 11) is 0. The van der Waals surface area contributed by atoms with Crippen LogP contribution >= 0.6 is 31.9 Å². The van der Waals surface area contributed by atoms with Crippen LogP contribution < -0.4 is 15.5 Å². The number of para-hydroxylation sites is 2. The SMILES string of the molecule is Cc1cc(C)cc(N(c2cc(Br)cc(C)c2C(=O)Nc2cccc3cccnc23)c2cc(Br)cc(C)c2C(=O)Nc2cccc3cccnc23)c1. The van der Waals surface area contributed by atoms with E-state index < -0.39 is 0 Å². The summed E-state index contributed by atoms with van der Waals surface area (Å²) in [6.07, 6.45) is 3.43. The van der Waals surface area contributed by atoms with Crippen LogP contribution in [-0.2, 0) is 0 Å². The van der Waals surface area contributed by atoms with Crippen molar-refractivity contribution in [2.75, 3.05) is 15.5 Å². The standard InChI is InChI=1S/C42H33Br2N5O2/c1-24-17-25(2)19-32(18-24)49(35-22-30(43)20-26(3)37(35)41(50)47-33-13-5-9-28-11-7-15-45-39(28)33)36-23-31(44)21-27(4)38(36)42(51)48-34-14-6-10-29-12-8-16-46-40(29)34/h5-23H,1-4H3,(H,47,50)(H,48,51). The van der Waals surface area contributed by atoms with Gasteiger partial charge in [-0.15, -0.1) is 0 Å². The molecule has 0 spiro atoms. The monoisotopic (exact) mass is 797 g/mol. The number of anilines is 5. The minimum Gasteiger partial charge on any atom is -0.320 e. The van der Waals surface area contributed by atoms with Crippen molar-refractivity contribution in [1.82, 2.24) is 9.97 Å². The highest BCUT2D eigenvalue weighted by Crippen LogP contribution is 2.44. The summed E-state index contributed by atoms with van der Waals surface area (Å²) in [6, 6.07) is 33.0. The van der Waals surface area contributed by atoms with Crippen molar-refractivity contribution in [3.05, 3.63) is 158 Å². The summed E-state index contributed by atoms with van der Waals surface area (Å²) in [5, 5.41) is 8.14. The fourth-order valence-electron chi connectivity index (χ4n) is 6.66. The molecular weight excluding hydrogens is 766 g/mol. The van der Waals surface area contributed by atoms with Crippen molar-refractivity contribution in [1.29, 1.82) is 0 Å². The number of amides is 2. The van der Waals surface area contributed by atoms with Crippen molar-refractivity contribution in [3.8, 4) is 0 Å². The number of pyridine rings is 2. The molecule has 0 unspecified atom stereocenters. The first-order valence-corrected chi connectivity index (χ1v) is 17.9. The lowest BCUT2D eigenvalue weighted by molar-refractivity contribution is 0.101. The van der Waals surface area contributed by atoms with Gasteiger partial charge < -0.3 is 15.5 Å². The van der Waals surface area contributed by atoms with E-state index in [1.165, 1.54) is 0 Å². The van der Waals surface area contributed by atoms with E-state index in [1.54, 1.807) is 12.4 Å². The average molecular weight is 800 g/mol. The molecule has 0 fully saturated rings. The molecule has 0 saturated carbocycles. The second-order valence-corrected chi connectivity index (χ2v) is 14.4. The minimum atomic E-state index is -0.304. The van der Waals surface area contributed by atoms with Crippen LogP contribution in [0, 0.1) is 27.7 Å². The summed E-state index contributed by atoms with van der Waals surface area (Å²) in [6.45, 7) is 7.90. The van der Waals surface area contributed by atoms with Crippen LogP contribution in [0.5, 0.6) is 0 Å². The normalized spacial score (nSPS) is 11.1. The fourth-order valence-corrected chi connectivity index (χ4v) is 7.78. The number of carbonyl (C=O) groups excluding carboxylic acids is 2. The summed E-state index contributed by atoms with van der Waals surface area (Å²) in [5.41, 5.74) is 9.05. The summed E-state index contributed by atoms with van der Waals surface area (Å²) in [5.74, 6) is -0.607. The first kappa shape index (κ1) is 34.1. The largest absolute Gasteiger partial charge is 0.320 e. The molecule has 0 aliphatic rings. The fraction of sp³-hybridized carbons (Fsp3) is 0.0952. The molecule has 7 aromatic rings. The quantitative estimate of drug-likeness (QED) is 0.168. The Morgan fingerprint density at radius 2 is 1.00 bits per heavy atom. The molecule has 2 N–H and O–H groups in total. The highest BCUT2D eigenvalue weighted by atomic mass is 79.9. The Kier molecular flexibility index (Phi) is 9.42. The number of aryl methyl sites for hydroxylation is 4. The topological polar surface area (TPSA) is 87.2 Å². The number of hydrogen-bond donors (Lipinski definition) is 2. The second kappa shape index (κ2) is 14.1. The predicted octanol–water partition coefficient (Wildman–Crippen LogP) is 11.5. The molecular formula is C42H33Br2N5O2. The number of carbonyl (C=O) groups is 2. The zero-order valence-electron chi connectivity index (χ0n) is 28.4. The van der Waals surface area contributed by atoms with Gasteiger partial charge in [0, 0.05) is 37.8 Å². The number of hydrogen-bond acceptors (Lipinski definition) is 5. The Bertz CT molecular complexity index is 2340. The van der Waals surface area contributed by atoms with Crippen LogP contribution in [0.2, 0.25) is 0 Å². The molecule has 7 rings (SSSR count). The smallest absolute Gasteiger partial charge is 0.258 e. The van der Waals surface area contributed by atoms with Crippen LogP contribution in [0.4, 0.5) is 28.4 Å². The Morgan fingerprint density at radius 1 is 0.569 bits per heavy atom. The first-order chi connectivity index (χ1) is 24.6. The van der Waals surface area contributed by atoms with Gasteiger partial charge >= 0.3 is 0 Å². The van der Waals surface area contributed by atoms with E-state index in [4.69, 9.17) is 0 Å². The van der Waals surface area contributed by atoms with E-state index in [0.29, 0.717) is 44.9 Å². The van der Waals surface area contributed by atoms with Crippen molar-refractivity contribution < 1.29 is 9.59 Å². The van der Waals surface area contributed by atoms with E-state index in [9.17, 15) is 9.59 Å². The molecule has 5 aromatic carbocycles. The van der Waals surface area contributed by atoms with Gasteiger partial charge in [-0.1, -0.05) is 74.3 Å². The number of benzene rings is 5. The summed E-state index contributed by atoms with van der Waals surface area (Å²) < 4.78 is 1.57. The average Bonchev–Trinajstić information content (AvgIpc) is 3.08. The molecule has 0 saturated heterocycles. The zero-order valence-corrected chi connectivity index (χ0v) is 31.6. The maximum Gasteiger partial charge on any atom is 0.258 e. The number of rotatable bonds is 7. The third-order valence-electron chi connectivity index (χ3n) is 8.72. The molecule has 9 heteroatoms. The number of halogens is 2. The lowest BCUT2D eigenvalue weighted by Crippen LogP contribution is -2.23. The zero-order chi connectivity index (χ0) is 35.8. The molecule has 51 heavy (non-hydrogen) atoms. The third-order valence-corrected chi connectivity index (χ3v) is 9.64. The molecule has 7 nitrogen and oxygen atoms in total. The van der Waals surface area contributed by atoms with Crippen LogP contribution in [0.25, 0.3) is 21.8 Å². The maximum absolute atomic E-state index is 14.6. The van der Waals surface area contributed by atoms with Gasteiger partial charge in [-0.2, -0.15) is 0 Å². The van der Waals surface area contributed by atoms with Gasteiger partial charge in [0.05, 0.1) is 44.9 Å². The van der Waals surface area contributed by atoms with E-state index >= 15 is 0 Å². The molecule has 0 atom stereocenters. The Morgan fingerprint density at radius 3 is 1.45 bits per heavy atom. The van der Waals surface area contributed by atoms with Gasteiger partial charge in [0.2, 0.25) is 0 Å². The summed E-state index contributed by atoms with van der Waals surface area (Å²) >= 11 is 7.44. The third kappa shape index (κ3) is 6.87. The molecule has 252 valence electrons. The van der Waals surface area contributed by atoms with Crippen molar-refractivity contribution in [2.45, 2.75) is 27.7 Å². The van der Waals surface area contributed by atoms with Gasteiger partial charge in [-0.25, -0.2) is 0 Å². The highest BCUT2D eigenvalue weighted by Gasteiger charge is 2.28. The molecule has 2 amide bonds. The number of nitrogens with zero attached hydrogens (tertiary/aromatic N) is 3. The molecule has 2 aromatic heterocycles. The molecule has 2 heterocycles. The van der Waals surface area contributed by atoms with E-state index in [2.05, 4.69) is 70.7 Å². The number of nitrogens with one attached hydrogen (secondary N) is 2. The van der Waals surface area contributed by atoms with E-state index in [-0.39, 0.29) is 11.8 Å². The highest BCUT2D eigenvalue weighted by molar-refractivity contribution is 9.10. The number of fused-ring (bicyclic) bond motifs is 2. The van der Waals surface area contributed by atoms with Crippen molar-refractivity contribution in [3.63, 3.8) is 0 Å². The summed E-state index contributed by atoms with van der Waals surface area (Å²) in [4.78, 5) is 40.2. The van der Waals surface area contributed by atoms with Crippen molar-refractivity contribution >= 4 is 93.9 Å². The lowest BCUT2D eigenvalue weighted by atomic mass is 9.99. The van der Waals surface area contributed by atoms with E-state index in [0.717, 1.165) is 47.7 Å². The molecule has 0 aliphatic carbocycles. The van der Waals surface area contributed by atoms with Gasteiger partial charge in [-0.3, -0.25) is 19.6 Å². The molecule has 0 radical (unpaired) electrons. The van der Waals surface area contributed by atoms with E-state index in [1.807, 2.05) is 118 Å². The Hall–Kier alpha value is -5.38. The van der Waals surface area contributed by atoms with Crippen LogP contribution in [-0.4, -0.2) is 21.8 Å².